The maximum atomic E-state index is 12.9. The number of amides is 1. The summed E-state index contributed by atoms with van der Waals surface area (Å²) in [5.74, 6) is 0.0416. The summed E-state index contributed by atoms with van der Waals surface area (Å²) in [5, 5.41) is 0.764. The van der Waals surface area contributed by atoms with Crippen LogP contribution in [0.5, 0.6) is 0 Å². The molecule has 1 aromatic heterocycles. The number of carbonyl (C=O) groups excluding carboxylic acids is 1. The highest BCUT2D eigenvalue weighted by molar-refractivity contribution is 7.99. The van der Waals surface area contributed by atoms with E-state index in [1.54, 1.807) is 6.20 Å². The Bertz CT molecular complexity index is 732. The van der Waals surface area contributed by atoms with Gasteiger partial charge in [0.25, 0.3) is 5.91 Å². The summed E-state index contributed by atoms with van der Waals surface area (Å²) >= 11 is 1.54. The lowest BCUT2D eigenvalue weighted by atomic mass is 10.2. The quantitative estimate of drug-likeness (QED) is 0.734. The van der Waals surface area contributed by atoms with Gasteiger partial charge >= 0.3 is 0 Å². The highest BCUT2D eigenvalue weighted by atomic mass is 32.2. The lowest BCUT2D eigenvalue weighted by Crippen LogP contribution is -2.45. The Kier molecular flexibility index (Phi) is 7.26. The summed E-state index contributed by atoms with van der Waals surface area (Å²) in [6.07, 6.45) is 2.74. The molecule has 5 nitrogen and oxygen atoms in total. The van der Waals surface area contributed by atoms with Crippen LogP contribution >= 0.6 is 11.8 Å². The van der Waals surface area contributed by atoms with E-state index in [-0.39, 0.29) is 5.91 Å². The molecule has 0 unspecified atom stereocenters. The van der Waals surface area contributed by atoms with E-state index in [4.69, 9.17) is 0 Å². The lowest BCUT2D eigenvalue weighted by molar-refractivity contribution is 0.0779. The number of pyridine rings is 1. The van der Waals surface area contributed by atoms with Crippen LogP contribution in [0.1, 0.15) is 16.8 Å². The Balaban J connectivity index is 1.55. The molecule has 2 aromatic rings. The minimum atomic E-state index is 0.0416. The van der Waals surface area contributed by atoms with Gasteiger partial charge in [0.15, 0.2) is 0 Å². The smallest absolute Gasteiger partial charge is 0.256 e. The standard InChI is InChI=1S/C21H28N4OS/c1-23-14-16-25(17-15-23)13-7-12-24(2)21(26)19-10-6-11-22-20(19)27-18-8-4-3-5-9-18/h3-6,8-11H,7,12-17H2,1-2H3. The molecule has 1 aliphatic rings. The van der Waals surface area contributed by atoms with Gasteiger partial charge in [-0.05, 0) is 44.3 Å². The van der Waals surface area contributed by atoms with Gasteiger partial charge in [-0.2, -0.15) is 0 Å². The van der Waals surface area contributed by atoms with Crippen molar-refractivity contribution < 1.29 is 4.79 Å². The van der Waals surface area contributed by atoms with Crippen molar-refractivity contribution in [3.8, 4) is 0 Å². The highest BCUT2D eigenvalue weighted by Crippen LogP contribution is 2.28. The number of likely N-dealkylation sites (N-methyl/N-ethyl adjacent to an activating group) is 1. The van der Waals surface area contributed by atoms with Crippen LogP contribution in [0.25, 0.3) is 0 Å². The van der Waals surface area contributed by atoms with Crippen molar-refractivity contribution in [3.63, 3.8) is 0 Å². The average molecular weight is 385 g/mol. The molecule has 0 saturated carbocycles. The van der Waals surface area contributed by atoms with Crippen molar-refractivity contribution in [2.75, 3.05) is 53.4 Å². The first-order valence-corrected chi connectivity index (χ1v) is 10.3. The van der Waals surface area contributed by atoms with Crippen LogP contribution in [0.2, 0.25) is 0 Å². The number of piperazine rings is 1. The molecule has 0 aliphatic carbocycles. The molecule has 1 aromatic carbocycles. The summed E-state index contributed by atoms with van der Waals surface area (Å²) in [5.41, 5.74) is 0.674. The molecule has 1 fully saturated rings. The maximum Gasteiger partial charge on any atom is 0.256 e. The average Bonchev–Trinajstić information content (AvgIpc) is 2.70. The molecule has 3 rings (SSSR count). The number of benzene rings is 1. The van der Waals surface area contributed by atoms with Crippen LogP contribution in [-0.4, -0.2) is 79.0 Å². The van der Waals surface area contributed by atoms with Crippen LogP contribution in [0.3, 0.4) is 0 Å². The Morgan fingerprint density at radius 2 is 1.85 bits per heavy atom. The van der Waals surface area contributed by atoms with Crippen molar-refractivity contribution in [2.45, 2.75) is 16.3 Å². The fraction of sp³-hybridized carbons (Fsp3) is 0.429. The van der Waals surface area contributed by atoms with Crippen molar-refractivity contribution >= 4 is 17.7 Å². The van der Waals surface area contributed by atoms with E-state index in [1.165, 1.54) is 11.8 Å². The molecule has 1 aliphatic heterocycles. The molecular formula is C21H28N4OS. The largest absolute Gasteiger partial charge is 0.342 e. The summed E-state index contributed by atoms with van der Waals surface area (Å²) in [4.78, 5) is 25.1. The van der Waals surface area contributed by atoms with Crippen molar-refractivity contribution in [1.29, 1.82) is 0 Å². The fourth-order valence-corrected chi connectivity index (χ4v) is 4.04. The minimum Gasteiger partial charge on any atom is -0.342 e. The molecule has 0 N–H and O–H groups in total. The second-order valence-corrected chi connectivity index (χ2v) is 8.06. The predicted octanol–water partition coefficient (Wildman–Crippen LogP) is 2.94. The molecule has 1 amide bonds. The number of hydrogen-bond acceptors (Lipinski definition) is 5. The van der Waals surface area contributed by atoms with E-state index in [9.17, 15) is 4.79 Å². The molecule has 144 valence electrons. The zero-order valence-electron chi connectivity index (χ0n) is 16.2. The molecule has 0 radical (unpaired) electrons. The van der Waals surface area contributed by atoms with Gasteiger partial charge in [0, 0.05) is 50.9 Å². The van der Waals surface area contributed by atoms with Gasteiger partial charge in [0.05, 0.1) is 5.56 Å². The number of nitrogens with zero attached hydrogens (tertiary/aromatic N) is 4. The molecule has 27 heavy (non-hydrogen) atoms. The summed E-state index contributed by atoms with van der Waals surface area (Å²) in [6, 6.07) is 13.8. The normalized spacial score (nSPS) is 15.6. The van der Waals surface area contributed by atoms with Gasteiger partial charge in [-0.25, -0.2) is 4.98 Å². The Morgan fingerprint density at radius 1 is 1.11 bits per heavy atom. The van der Waals surface area contributed by atoms with Crippen LogP contribution in [0, 0.1) is 0 Å². The third-order valence-corrected chi connectivity index (χ3v) is 5.90. The molecule has 0 spiro atoms. The monoisotopic (exact) mass is 384 g/mol. The third-order valence-electron chi connectivity index (χ3n) is 4.87. The summed E-state index contributed by atoms with van der Waals surface area (Å²) in [7, 11) is 4.05. The van der Waals surface area contributed by atoms with E-state index in [0.29, 0.717) is 5.56 Å². The Morgan fingerprint density at radius 3 is 2.59 bits per heavy atom. The topological polar surface area (TPSA) is 39.7 Å². The van der Waals surface area contributed by atoms with Gasteiger partial charge in [0.2, 0.25) is 0 Å². The molecule has 0 bridgehead atoms. The Labute approximate surface area is 166 Å². The summed E-state index contributed by atoms with van der Waals surface area (Å²) < 4.78 is 0. The van der Waals surface area contributed by atoms with Gasteiger partial charge < -0.3 is 14.7 Å². The van der Waals surface area contributed by atoms with E-state index >= 15 is 0 Å². The summed E-state index contributed by atoms with van der Waals surface area (Å²) in [6.45, 7) is 6.30. The number of aromatic nitrogens is 1. The fourth-order valence-electron chi connectivity index (χ4n) is 3.15. The van der Waals surface area contributed by atoms with Gasteiger partial charge in [0.1, 0.15) is 5.03 Å². The Hall–Kier alpha value is -1.89. The van der Waals surface area contributed by atoms with E-state index in [2.05, 4.69) is 21.8 Å². The third kappa shape index (κ3) is 5.79. The highest BCUT2D eigenvalue weighted by Gasteiger charge is 2.18. The van der Waals surface area contributed by atoms with Crippen LogP contribution < -0.4 is 0 Å². The maximum absolute atomic E-state index is 12.9. The van der Waals surface area contributed by atoms with Crippen molar-refractivity contribution in [2.24, 2.45) is 0 Å². The van der Waals surface area contributed by atoms with Crippen LogP contribution in [0.15, 0.2) is 58.6 Å². The van der Waals surface area contributed by atoms with E-state index in [1.807, 2.05) is 54.4 Å². The lowest BCUT2D eigenvalue weighted by Gasteiger charge is -2.32. The second kappa shape index (κ2) is 9.88. The number of rotatable bonds is 7. The first kappa shape index (κ1) is 19.9. The molecule has 1 saturated heterocycles. The van der Waals surface area contributed by atoms with Gasteiger partial charge in [-0.15, -0.1) is 0 Å². The molecule has 0 atom stereocenters. The zero-order valence-corrected chi connectivity index (χ0v) is 17.0. The van der Waals surface area contributed by atoms with Crippen LogP contribution in [-0.2, 0) is 0 Å². The zero-order chi connectivity index (χ0) is 19.1. The van der Waals surface area contributed by atoms with E-state index < -0.39 is 0 Å². The molecule has 6 heteroatoms. The number of hydrogen-bond donors (Lipinski definition) is 0. The molecular weight excluding hydrogens is 356 g/mol. The minimum absolute atomic E-state index is 0.0416. The van der Waals surface area contributed by atoms with Crippen molar-refractivity contribution in [3.05, 3.63) is 54.2 Å². The van der Waals surface area contributed by atoms with E-state index in [0.717, 1.165) is 55.6 Å². The molecule has 2 heterocycles. The number of carbonyl (C=O) groups is 1. The van der Waals surface area contributed by atoms with Gasteiger partial charge in [-0.1, -0.05) is 30.0 Å². The van der Waals surface area contributed by atoms with Crippen LogP contribution in [0.4, 0.5) is 0 Å². The second-order valence-electron chi connectivity index (χ2n) is 7.00. The SMILES string of the molecule is CN1CCN(CCCN(C)C(=O)c2cccnc2Sc2ccccc2)CC1. The first-order chi connectivity index (χ1) is 13.1. The van der Waals surface area contributed by atoms with Crippen molar-refractivity contribution in [1.82, 2.24) is 19.7 Å². The van der Waals surface area contributed by atoms with Gasteiger partial charge in [-0.3, -0.25) is 4.79 Å². The first-order valence-electron chi connectivity index (χ1n) is 9.48. The predicted molar refractivity (Wildman–Crippen MR) is 110 cm³/mol.